The molecule has 4 heteroatoms. The molecule has 1 N–H and O–H groups in total. The van der Waals surface area contributed by atoms with Gasteiger partial charge in [0.05, 0.1) is 6.10 Å². The van der Waals surface area contributed by atoms with Crippen molar-refractivity contribution in [2.24, 2.45) is 0 Å². The van der Waals surface area contributed by atoms with Crippen LogP contribution in [0.15, 0.2) is 47.4 Å². The predicted octanol–water partition coefficient (Wildman–Crippen LogP) is 3.21. The van der Waals surface area contributed by atoms with Crippen molar-refractivity contribution >= 4 is 11.8 Å². The van der Waals surface area contributed by atoms with Crippen molar-refractivity contribution in [2.75, 3.05) is 13.2 Å². The summed E-state index contributed by atoms with van der Waals surface area (Å²) in [5.41, 5.74) is 2.22. The Morgan fingerprint density at radius 3 is 2.71 bits per heavy atom. The van der Waals surface area contributed by atoms with E-state index >= 15 is 0 Å². The van der Waals surface area contributed by atoms with Crippen molar-refractivity contribution in [3.63, 3.8) is 0 Å². The third-order valence-corrected chi connectivity index (χ3v) is 5.31. The number of ether oxygens (including phenoxy) is 2. The van der Waals surface area contributed by atoms with Gasteiger partial charge in [0.25, 0.3) is 0 Å². The Morgan fingerprint density at radius 1 is 1.05 bits per heavy atom. The van der Waals surface area contributed by atoms with Crippen LogP contribution in [0.5, 0.6) is 11.5 Å². The van der Waals surface area contributed by atoms with Gasteiger partial charge in [0.15, 0.2) is 11.5 Å². The molecule has 2 unspecified atom stereocenters. The van der Waals surface area contributed by atoms with Gasteiger partial charge < -0.3 is 14.6 Å². The van der Waals surface area contributed by atoms with Crippen LogP contribution < -0.4 is 9.47 Å². The van der Waals surface area contributed by atoms with E-state index in [0.29, 0.717) is 13.2 Å². The zero-order valence-electron chi connectivity index (χ0n) is 11.5. The van der Waals surface area contributed by atoms with Gasteiger partial charge in [-0.3, -0.25) is 0 Å². The standard InChI is InChI=1S/C17H16O3S/c18-17(16-10-11-3-1-2-4-15(11)21-16)12-5-6-13-14(9-12)20-8-7-19-13/h1-6,9,16-18H,7-8,10H2. The predicted molar refractivity (Wildman–Crippen MR) is 82.2 cm³/mol. The Labute approximate surface area is 127 Å². The summed E-state index contributed by atoms with van der Waals surface area (Å²) in [6.07, 6.45) is 0.398. The highest BCUT2D eigenvalue weighted by Crippen LogP contribution is 2.43. The molecular weight excluding hydrogens is 284 g/mol. The first-order chi connectivity index (χ1) is 10.3. The Kier molecular flexibility index (Phi) is 3.28. The molecule has 2 heterocycles. The van der Waals surface area contributed by atoms with Gasteiger partial charge in [-0.05, 0) is 35.7 Å². The second-order valence-electron chi connectivity index (χ2n) is 5.32. The van der Waals surface area contributed by atoms with Gasteiger partial charge in [-0.1, -0.05) is 24.3 Å². The average Bonchev–Trinajstić information content (AvgIpc) is 2.97. The molecule has 0 aromatic heterocycles. The fourth-order valence-corrected chi connectivity index (χ4v) is 4.18. The molecule has 0 radical (unpaired) electrons. The summed E-state index contributed by atoms with van der Waals surface area (Å²) in [5, 5.41) is 10.8. The van der Waals surface area contributed by atoms with Gasteiger partial charge in [0, 0.05) is 10.1 Å². The molecule has 0 bridgehead atoms. The van der Waals surface area contributed by atoms with Gasteiger partial charge >= 0.3 is 0 Å². The number of hydrogen-bond acceptors (Lipinski definition) is 4. The molecule has 2 aromatic carbocycles. The van der Waals surface area contributed by atoms with Gasteiger partial charge in [0.1, 0.15) is 13.2 Å². The molecule has 2 aliphatic rings. The zero-order chi connectivity index (χ0) is 14.2. The first-order valence-corrected chi connectivity index (χ1v) is 8.01. The summed E-state index contributed by atoms with van der Waals surface area (Å²) in [6.45, 7) is 1.15. The highest BCUT2D eigenvalue weighted by atomic mass is 32.2. The lowest BCUT2D eigenvalue weighted by molar-refractivity contribution is 0.163. The quantitative estimate of drug-likeness (QED) is 0.924. The van der Waals surface area contributed by atoms with E-state index in [1.54, 1.807) is 11.8 Å². The fraction of sp³-hybridized carbons (Fsp3) is 0.294. The maximum atomic E-state index is 10.7. The van der Waals surface area contributed by atoms with Crippen molar-refractivity contribution in [1.82, 2.24) is 0 Å². The molecule has 0 spiro atoms. The van der Waals surface area contributed by atoms with Crippen LogP contribution in [0, 0.1) is 0 Å². The van der Waals surface area contributed by atoms with Gasteiger partial charge in [-0.2, -0.15) is 0 Å². The summed E-state index contributed by atoms with van der Waals surface area (Å²) in [4.78, 5) is 1.28. The number of fused-ring (bicyclic) bond motifs is 2. The normalized spacial score (nSPS) is 20.9. The Hall–Kier alpha value is -1.65. The lowest BCUT2D eigenvalue weighted by Crippen LogP contribution is -2.17. The summed E-state index contributed by atoms with van der Waals surface area (Å²) < 4.78 is 11.1. The van der Waals surface area contributed by atoms with E-state index in [1.807, 2.05) is 24.3 Å². The van der Waals surface area contributed by atoms with Gasteiger partial charge in [0.2, 0.25) is 0 Å². The van der Waals surface area contributed by atoms with Gasteiger partial charge in [-0.25, -0.2) is 0 Å². The molecule has 4 rings (SSSR count). The Bertz CT molecular complexity index is 646. The summed E-state index contributed by atoms with van der Waals surface area (Å²) in [5.74, 6) is 1.50. The van der Waals surface area contributed by atoms with E-state index in [4.69, 9.17) is 9.47 Å². The van der Waals surface area contributed by atoms with E-state index in [0.717, 1.165) is 23.5 Å². The second kappa shape index (κ2) is 5.28. The minimum atomic E-state index is -0.502. The minimum Gasteiger partial charge on any atom is -0.486 e. The third kappa shape index (κ3) is 2.39. The van der Waals surface area contributed by atoms with Crippen LogP contribution in [0.3, 0.4) is 0 Å². The monoisotopic (exact) mass is 300 g/mol. The van der Waals surface area contributed by atoms with Crippen molar-refractivity contribution in [3.8, 4) is 11.5 Å². The summed E-state index contributed by atoms with van der Waals surface area (Å²) in [7, 11) is 0. The number of thioether (sulfide) groups is 1. The topological polar surface area (TPSA) is 38.7 Å². The summed E-state index contributed by atoms with van der Waals surface area (Å²) >= 11 is 1.75. The minimum absolute atomic E-state index is 0.157. The fourth-order valence-electron chi connectivity index (χ4n) is 2.84. The maximum absolute atomic E-state index is 10.7. The van der Waals surface area contributed by atoms with E-state index in [-0.39, 0.29) is 5.25 Å². The van der Waals surface area contributed by atoms with Crippen LogP contribution in [0.25, 0.3) is 0 Å². The number of benzene rings is 2. The van der Waals surface area contributed by atoms with Crippen LogP contribution in [0.1, 0.15) is 17.2 Å². The molecule has 21 heavy (non-hydrogen) atoms. The van der Waals surface area contributed by atoms with Crippen LogP contribution >= 0.6 is 11.8 Å². The van der Waals surface area contributed by atoms with Crippen molar-refractivity contribution in [1.29, 1.82) is 0 Å². The average molecular weight is 300 g/mol. The molecule has 108 valence electrons. The maximum Gasteiger partial charge on any atom is 0.161 e. The van der Waals surface area contributed by atoms with Crippen molar-refractivity contribution < 1.29 is 14.6 Å². The number of rotatable bonds is 2. The highest BCUT2D eigenvalue weighted by Gasteiger charge is 2.29. The molecule has 2 atom stereocenters. The third-order valence-electron chi connectivity index (χ3n) is 3.93. The Balaban J connectivity index is 1.57. The number of hydrogen-bond donors (Lipinski definition) is 1. The van der Waals surface area contributed by atoms with Crippen LogP contribution in [-0.4, -0.2) is 23.6 Å². The van der Waals surface area contributed by atoms with Crippen molar-refractivity contribution in [2.45, 2.75) is 22.7 Å². The van der Waals surface area contributed by atoms with E-state index in [9.17, 15) is 5.11 Å². The number of aliphatic hydroxyl groups is 1. The first kappa shape index (κ1) is 13.0. The van der Waals surface area contributed by atoms with E-state index < -0.39 is 6.10 Å². The summed E-state index contributed by atoms with van der Waals surface area (Å²) in [6, 6.07) is 14.1. The molecular formula is C17H16O3S. The van der Waals surface area contributed by atoms with Crippen molar-refractivity contribution in [3.05, 3.63) is 53.6 Å². The lowest BCUT2D eigenvalue weighted by atomic mass is 10.0. The molecule has 3 nitrogen and oxygen atoms in total. The highest BCUT2D eigenvalue weighted by molar-refractivity contribution is 8.00. The van der Waals surface area contributed by atoms with E-state index in [1.165, 1.54) is 10.5 Å². The molecule has 0 saturated carbocycles. The molecule has 0 saturated heterocycles. The molecule has 2 aliphatic heterocycles. The Morgan fingerprint density at radius 2 is 1.86 bits per heavy atom. The van der Waals surface area contributed by atoms with Gasteiger partial charge in [-0.15, -0.1) is 11.8 Å². The second-order valence-corrected chi connectivity index (χ2v) is 6.60. The lowest BCUT2D eigenvalue weighted by Gasteiger charge is -2.22. The van der Waals surface area contributed by atoms with Crippen LogP contribution in [-0.2, 0) is 6.42 Å². The smallest absolute Gasteiger partial charge is 0.161 e. The van der Waals surface area contributed by atoms with Crippen LogP contribution in [0.4, 0.5) is 0 Å². The zero-order valence-corrected chi connectivity index (χ0v) is 12.3. The largest absolute Gasteiger partial charge is 0.486 e. The van der Waals surface area contributed by atoms with Crippen LogP contribution in [0.2, 0.25) is 0 Å². The molecule has 0 amide bonds. The van der Waals surface area contributed by atoms with E-state index in [2.05, 4.69) is 18.2 Å². The SMILES string of the molecule is OC(c1ccc2c(c1)OCCO2)C1Cc2ccccc2S1. The molecule has 0 aliphatic carbocycles. The number of aliphatic hydroxyl groups excluding tert-OH is 1. The molecule has 0 fully saturated rings. The molecule has 2 aromatic rings. The first-order valence-electron chi connectivity index (χ1n) is 7.13.